The minimum Gasteiger partial charge on any atom is -0.307 e. The van der Waals surface area contributed by atoms with E-state index in [0.717, 1.165) is 57.3 Å². The Morgan fingerprint density at radius 1 is 1.06 bits per heavy atom. The SMILES string of the molecule is CN1CCC(N(c2cnn(C)c2)S(=O)(=O)NC(=O)Nc2c3c(cc4c2CCC4)CCC3)CC1.[Na]. The van der Waals surface area contributed by atoms with Crippen molar-refractivity contribution in [3.8, 4) is 0 Å². The average Bonchev–Trinajstić information content (AvgIpc) is 3.50. The predicted molar refractivity (Wildman–Crippen MR) is 134 cm³/mol. The smallest absolute Gasteiger partial charge is 0.307 e. The Morgan fingerprint density at radius 2 is 1.68 bits per heavy atom. The number of aryl methyl sites for hydroxylation is 3. The first-order valence-corrected chi connectivity index (χ1v) is 13.2. The van der Waals surface area contributed by atoms with Gasteiger partial charge in [0.25, 0.3) is 0 Å². The summed E-state index contributed by atoms with van der Waals surface area (Å²) in [5.74, 6) is 0. The van der Waals surface area contributed by atoms with Gasteiger partial charge in [-0.1, -0.05) is 6.07 Å². The Kier molecular flexibility index (Phi) is 7.64. The van der Waals surface area contributed by atoms with Gasteiger partial charge in [0.05, 0.1) is 11.9 Å². The predicted octanol–water partition coefficient (Wildman–Crippen LogP) is 1.98. The number of benzene rings is 1. The van der Waals surface area contributed by atoms with Gasteiger partial charge in [-0.25, -0.2) is 13.8 Å². The van der Waals surface area contributed by atoms with Crippen molar-refractivity contribution in [2.75, 3.05) is 29.8 Å². The molecule has 1 fully saturated rings. The summed E-state index contributed by atoms with van der Waals surface area (Å²) in [6, 6.07) is 1.35. The molecule has 34 heavy (non-hydrogen) atoms. The summed E-state index contributed by atoms with van der Waals surface area (Å²) in [4.78, 5) is 15.2. The zero-order valence-electron chi connectivity index (χ0n) is 20.3. The van der Waals surface area contributed by atoms with Crippen LogP contribution in [0.3, 0.4) is 0 Å². The largest absolute Gasteiger partial charge is 0.334 e. The number of hydrogen-bond acceptors (Lipinski definition) is 5. The summed E-state index contributed by atoms with van der Waals surface area (Å²) in [6.45, 7) is 1.59. The number of anilines is 2. The third-order valence-electron chi connectivity index (χ3n) is 7.16. The molecule has 2 amide bonds. The summed E-state index contributed by atoms with van der Waals surface area (Å²) in [5, 5.41) is 7.09. The fourth-order valence-electron chi connectivity index (χ4n) is 5.57. The van der Waals surface area contributed by atoms with Crippen LogP contribution in [0, 0.1) is 0 Å². The van der Waals surface area contributed by atoms with E-state index in [1.54, 1.807) is 17.9 Å². The molecule has 179 valence electrons. The average molecular weight is 496 g/mol. The molecule has 9 nitrogen and oxygen atoms in total. The van der Waals surface area contributed by atoms with Gasteiger partial charge in [-0.15, -0.1) is 0 Å². The minimum atomic E-state index is -4.13. The van der Waals surface area contributed by atoms with E-state index in [2.05, 4.69) is 26.1 Å². The van der Waals surface area contributed by atoms with Crippen LogP contribution in [-0.4, -0.2) is 84.9 Å². The van der Waals surface area contributed by atoms with Gasteiger partial charge in [0.2, 0.25) is 0 Å². The van der Waals surface area contributed by atoms with E-state index in [1.165, 1.54) is 32.8 Å². The first kappa shape index (κ1) is 25.5. The molecule has 1 saturated heterocycles. The molecular formula is C23H32N6NaO3S. The van der Waals surface area contributed by atoms with Crippen LogP contribution in [0.4, 0.5) is 16.2 Å². The van der Waals surface area contributed by atoms with Crippen molar-refractivity contribution in [3.05, 3.63) is 40.7 Å². The molecule has 5 rings (SSSR count). The maximum absolute atomic E-state index is 13.5. The Morgan fingerprint density at radius 3 is 2.24 bits per heavy atom. The summed E-state index contributed by atoms with van der Waals surface area (Å²) in [7, 11) is -0.348. The first-order valence-electron chi connectivity index (χ1n) is 11.8. The second kappa shape index (κ2) is 10.2. The van der Waals surface area contributed by atoms with Crippen LogP contribution in [0.2, 0.25) is 0 Å². The third kappa shape index (κ3) is 5.02. The number of likely N-dealkylation sites (tertiary alicyclic amines) is 1. The number of hydrogen-bond donors (Lipinski definition) is 2. The Hall–Kier alpha value is -1.59. The van der Waals surface area contributed by atoms with Crippen LogP contribution in [0.25, 0.3) is 0 Å². The molecule has 3 aliphatic rings. The second-order valence-electron chi connectivity index (χ2n) is 9.50. The molecule has 2 heterocycles. The Bertz CT molecular complexity index is 1140. The number of nitrogens with one attached hydrogen (secondary N) is 2. The van der Waals surface area contributed by atoms with Crippen molar-refractivity contribution in [1.29, 1.82) is 0 Å². The number of fused-ring (bicyclic) bond motifs is 2. The molecule has 0 bridgehead atoms. The van der Waals surface area contributed by atoms with Crippen molar-refractivity contribution in [2.45, 2.75) is 57.4 Å². The molecule has 2 aromatic rings. The molecule has 2 aliphatic carbocycles. The summed E-state index contributed by atoms with van der Waals surface area (Å²) >= 11 is 0. The number of carbonyl (C=O) groups is 1. The quantitative estimate of drug-likeness (QED) is 0.618. The van der Waals surface area contributed by atoms with Crippen molar-refractivity contribution >= 4 is 57.2 Å². The van der Waals surface area contributed by atoms with Crippen LogP contribution >= 0.6 is 0 Å². The molecule has 0 unspecified atom stereocenters. The number of piperidine rings is 1. The molecule has 11 heteroatoms. The van der Waals surface area contributed by atoms with Gasteiger partial charge < -0.3 is 10.2 Å². The summed E-state index contributed by atoms with van der Waals surface area (Å²) in [6.07, 6.45) is 10.6. The maximum Gasteiger partial charge on any atom is 0.334 e. The van der Waals surface area contributed by atoms with Gasteiger partial charge in [-0.2, -0.15) is 13.5 Å². The van der Waals surface area contributed by atoms with Gasteiger partial charge in [-0.05, 0) is 93.8 Å². The van der Waals surface area contributed by atoms with Crippen LogP contribution < -0.4 is 14.3 Å². The Balaban J connectivity index is 0.00000274. The Labute approximate surface area is 223 Å². The van der Waals surface area contributed by atoms with Crippen molar-refractivity contribution in [1.82, 2.24) is 19.4 Å². The van der Waals surface area contributed by atoms with Gasteiger partial charge in [-0.3, -0.25) is 4.68 Å². The molecular weight excluding hydrogens is 463 g/mol. The van der Waals surface area contributed by atoms with E-state index in [4.69, 9.17) is 0 Å². The molecule has 1 aromatic heterocycles. The van der Waals surface area contributed by atoms with Crippen LogP contribution in [-0.2, 0) is 42.9 Å². The normalized spacial score (nSPS) is 18.2. The zero-order chi connectivity index (χ0) is 23.2. The van der Waals surface area contributed by atoms with Gasteiger partial charge >= 0.3 is 16.2 Å². The van der Waals surface area contributed by atoms with Crippen LogP contribution in [0.1, 0.15) is 47.9 Å². The molecule has 0 atom stereocenters. The maximum atomic E-state index is 13.5. The van der Waals surface area contributed by atoms with Gasteiger partial charge in [0.1, 0.15) is 0 Å². The van der Waals surface area contributed by atoms with Crippen LogP contribution in [0.15, 0.2) is 18.5 Å². The van der Waals surface area contributed by atoms with E-state index in [1.807, 2.05) is 7.05 Å². The van der Waals surface area contributed by atoms with E-state index in [9.17, 15) is 13.2 Å². The number of rotatable bonds is 5. The fourth-order valence-corrected chi connectivity index (χ4v) is 6.93. The topological polar surface area (TPSA) is 99.6 Å². The monoisotopic (exact) mass is 495 g/mol. The minimum absolute atomic E-state index is 0. The molecule has 1 aliphatic heterocycles. The second-order valence-corrected chi connectivity index (χ2v) is 11.0. The number of urea groups is 1. The molecule has 1 radical (unpaired) electrons. The van der Waals surface area contributed by atoms with Gasteiger partial charge in [0, 0.05) is 54.5 Å². The standard InChI is InChI=1S/C23H32N6O3S.Na/c1-27-11-9-18(10-12-27)29(19-14-24-28(2)15-19)33(31,32)26-23(30)25-22-20-7-3-5-16(20)13-17-6-4-8-21(17)22;/h13-15,18H,3-12H2,1-2H3,(H2,25,26,30);. The third-order valence-corrected chi connectivity index (χ3v) is 8.63. The fraction of sp³-hybridized carbons (Fsp3) is 0.565. The van der Waals surface area contributed by atoms with Gasteiger partial charge in [0.15, 0.2) is 0 Å². The number of amides is 2. The van der Waals surface area contributed by atoms with E-state index < -0.39 is 16.2 Å². The van der Waals surface area contributed by atoms with E-state index in [0.29, 0.717) is 18.5 Å². The molecule has 2 N–H and O–H groups in total. The number of aromatic nitrogens is 2. The van der Waals surface area contributed by atoms with Crippen molar-refractivity contribution in [2.24, 2.45) is 7.05 Å². The van der Waals surface area contributed by atoms with E-state index >= 15 is 0 Å². The number of carbonyl (C=O) groups excluding carboxylic acids is 1. The molecule has 1 aromatic carbocycles. The van der Waals surface area contributed by atoms with Crippen LogP contribution in [0.5, 0.6) is 0 Å². The zero-order valence-corrected chi connectivity index (χ0v) is 23.1. The van der Waals surface area contributed by atoms with E-state index in [-0.39, 0.29) is 35.6 Å². The molecule has 0 saturated carbocycles. The van der Waals surface area contributed by atoms with Crippen molar-refractivity contribution < 1.29 is 13.2 Å². The summed E-state index contributed by atoms with van der Waals surface area (Å²) in [5.41, 5.74) is 6.21. The van der Waals surface area contributed by atoms with Crippen molar-refractivity contribution in [3.63, 3.8) is 0 Å². The first-order chi connectivity index (χ1) is 15.8. The molecule has 0 spiro atoms. The summed E-state index contributed by atoms with van der Waals surface area (Å²) < 4.78 is 32.2. The number of nitrogens with zero attached hydrogens (tertiary/aromatic N) is 4.